The average molecular weight is 314 g/mol. The summed E-state index contributed by atoms with van der Waals surface area (Å²) in [7, 11) is 2.23. The predicted molar refractivity (Wildman–Crippen MR) is 96.5 cm³/mol. The molecule has 2 aliphatic rings. The number of pyridine rings is 1. The van der Waals surface area contributed by atoms with E-state index in [1.54, 1.807) is 0 Å². The van der Waals surface area contributed by atoms with Gasteiger partial charge in [-0.1, -0.05) is 12.1 Å². The first-order chi connectivity index (χ1) is 11.2. The highest BCUT2D eigenvalue weighted by atomic mass is 15.3. The fourth-order valence-electron chi connectivity index (χ4n) is 3.55. The zero-order valence-electron chi connectivity index (χ0n) is 14.6. The third-order valence-corrected chi connectivity index (χ3v) is 5.20. The monoisotopic (exact) mass is 314 g/mol. The minimum absolute atomic E-state index is 0.808. The highest BCUT2D eigenvalue weighted by Crippen LogP contribution is 2.18. The molecule has 1 aromatic rings. The molecular weight excluding hydrogens is 284 g/mol. The Bertz CT molecular complexity index is 495. The van der Waals surface area contributed by atoms with Crippen LogP contribution < -0.4 is 0 Å². The number of aryl methyl sites for hydroxylation is 1. The van der Waals surface area contributed by atoms with Crippen molar-refractivity contribution in [3.8, 4) is 0 Å². The molecule has 0 spiro atoms. The van der Waals surface area contributed by atoms with Crippen molar-refractivity contribution in [2.45, 2.75) is 25.8 Å². The molecule has 0 radical (unpaired) electrons. The summed E-state index contributed by atoms with van der Waals surface area (Å²) in [6.45, 7) is 10.5. The molecule has 0 atom stereocenters. The molecule has 0 unspecified atom stereocenters. The third-order valence-electron chi connectivity index (χ3n) is 5.20. The van der Waals surface area contributed by atoms with Gasteiger partial charge in [0.1, 0.15) is 0 Å². The maximum atomic E-state index is 4.42. The summed E-state index contributed by atoms with van der Waals surface area (Å²) in [6.07, 6.45) is 8.97. The van der Waals surface area contributed by atoms with Crippen LogP contribution in [-0.2, 0) is 0 Å². The van der Waals surface area contributed by atoms with E-state index in [4.69, 9.17) is 0 Å². The molecule has 0 saturated carbocycles. The van der Waals surface area contributed by atoms with Crippen LogP contribution in [0.15, 0.2) is 24.4 Å². The van der Waals surface area contributed by atoms with E-state index in [1.165, 1.54) is 57.7 Å². The second-order valence-corrected chi connectivity index (χ2v) is 7.03. The van der Waals surface area contributed by atoms with Crippen LogP contribution >= 0.6 is 0 Å². The van der Waals surface area contributed by atoms with Gasteiger partial charge < -0.3 is 4.90 Å². The Balaban J connectivity index is 1.40. The number of likely N-dealkylation sites (N-methyl/N-ethyl adjacent to an activating group) is 1. The molecule has 0 N–H and O–H groups in total. The molecule has 3 rings (SSSR count). The molecule has 2 aliphatic heterocycles. The average Bonchev–Trinajstić information content (AvgIpc) is 2.58. The Hall–Kier alpha value is -1.23. The molecule has 0 bridgehead atoms. The largest absolute Gasteiger partial charge is 0.304 e. The molecule has 4 heteroatoms. The Morgan fingerprint density at radius 1 is 1.09 bits per heavy atom. The Labute approximate surface area is 140 Å². The summed E-state index contributed by atoms with van der Waals surface area (Å²) in [5, 5.41) is 0. The van der Waals surface area contributed by atoms with Crippen LogP contribution in [0.5, 0.6) is 0 Å². The summed E-state index contributed by atoms with van der Waals surface area (Å²) in [5.74, 6) is 0. The van der Waals surface area contributed by atoms with Crippen molar-refractivity contribution in [2.75, 3.05) is 52.9 Å². The molecule has 126 valence electrons. The molecule has 23 heavy (non-hydrogen) atoms. The van der Waals surface area contributed by atoms with Gasteiger partial charge in [-0.2, -0.15) is 0 Å². The van der Waals surface area contributed by atoms with Crippen LogP contribution in [0.4, 0.5) is 0 Å². The lowest BCUT2D eigenvalue weighted by molar-refractivity contribution is 0.0709. The Kier molecular flexibility index (Phi) is 5.81. The molecule has 2 fully saturated rings. The third kappa shape index (κ3) is 4.87. The van der Waals surface area contributed by atoms with Crippen molar-refractivity contribution in [1.29, 1.82) is 0 Å². The van der Waals surface area contributed by atoms with Crippen molar-refractivity contribution in [3.63, 3.8) is 0 Å². The van der Waals surface area contributed by atoms with E-state index < -0.39 is 0 Å². The number of piperidine rings is 1. The van der Waals surface area contributed by atoms with Crippen LogP contribution in [0.3, 0.4) is 0 Å². The van der Waals surface area contributed by atoms with Crippen molar-refractivity contribution >= 4 is 6.08 Å². The van der Waals surface area contributed by atoms with Gasteiger partial charge in [-0.3, -0.25) is 14.8 Å². The van der Waals surface area contributed by atoms with Crippen LogP contribution in [0.1, 0.15) is 24.1 Å². The van der Waals surface area contributed by atoms with Gasteiger partial charge in [-0.05, 0) is 57.6 Å². The van der Waals surface area contributed by atoms with Crippen LogP contribution in [0.2, 0.25) is 0 Å². The topological polar surface area (TPSA) is 22.6 Å². The van der Waals surface area contributed by atoms with Gasteiger partial charge in [0.05, 0.1) is 5.69 Å². The number of piperazine rings is 1. The number of hydrogen-bond acceptors (Lipinski definition) is 4. The fraction of sp³-hybridized carbons (Fsp3) is 0.632. The summed E-state index contributed by atoms with van der Waals surface area (Å²) in [4.78, 5) is 12.1. The van der Waals surface area contributed by atoms with Crippen LogP contribution in [0.25, 0.3) is 6.08 Å². The maximum Gasteiger partial charge on any atom is 0.0627 e. The number of rotatable bonds is 4. The second kappa shape index (κ2) is 8.04. The van der Waals surface area contributed by atoms with Crippen molar-refractivity contribution < 1.29 is 0 Å². The lowest BCUT2D eigenvalue weighted by Gasteiger charge is -2.41. The van der Waals surface area contributed by atoms with Crippen LogP contribution in [-0.4, -0.2) is 78.6 Å². The summed E-state index contributed by atoms with van der Waals surface area (Å²) in [6, 6.07) is 5.02. The highest BCUT2D eigenvalue weighted by molar-refractivity contribution is 5.44. The van der Waals surface area contributed by atoms with Gasteiger partial charge in [-0.25, -0.2) is 0 Å². The standard InChI is InChI=1S/C19H30N4/c1-17-5-6-18(20-16-17)4-3-9-22-10-7-19(8-11-22)23-14-12-21(2)13-15-23/h3-6,16,19H,7-15H2,1-2H3/b4-3+. The van der Waals surface area contributed by atoms with Crippen molar-refractivity contribution in [2.24, 2.45) is 0 Å². The Morgan fingerprint density at radius 2 is 1.83 bits per heavy atom. The van der Waals surface area contributed by atoms with E-state index in [-0.39, 0.29) is 0 Å². The SMILES string of the molecule is Cc1ccc(/C=C/CN2CCC(N3CCN(C)CC3)CC2)nc1. The smallest absolute Gasteiger partial charge is 0.0627 e. The first-order valence-corrected chi connectivity index (χ1v) is 8.95. The van der Waals surface area contributed by atoms with E-state index in [2.05, 4.69) is 57.9 Å². The number of nitrogens with zero attached hydrogens (tertiary/aromatic N) is 4. The number of aromatic nitrogens is 1. The minimum atomic E-state index is 0.808. The summed E-state index contributed by atoms with van der Waals surface area (Å²) < 4.78 is 0. The van der Waals surface area contributed by atoms with Gasteiger partial charge in [0.2, 0.25) is 0 Å². The van der Waals surface area contributed by atoms with Gasteiger partial charge >= 0.3 is 0 Å². The minimum Gasteiger partial charge on any atom is -0.304 e. The maximum absolute atomic E-state index is 4.42. The fourth-order valence-corrected chi connectivity index (χ4v) is 3.55. The zero-order valence-corrected chi connectivity index (χ0v) is 14.6. The molecule has 1 aromatic heterocycles. The highest BCUT2D eigenvalue weighted by Gasteiger charge is 2.26. The van der Waals surface area contributed by atoms with E-state index in [0.717, 1.165) is 18.3 Å². The summed E-state index contributed by atoms with van der Waals surface area (Å²) in [5.41, 5.74) is 2.27. The molecular formula is C19H30N4. The predicted octanol–water partition coefficient (Wildman–Crippen LogP) is 2.12. The second-order valence-electron chi connectivity index (χ2n) is 7.03. The molecule has 2 saturated heterocycles. The lowest BCUT2D eigenvalue weighted by Crippen LogP contribution is -2.52. The van der Waals surface area contributed by atoms with E-state index in [0.29, 0.717) is 0 Å². The normalized spacial score (nSPS) is 22.9. The summed E-state index contributed by atoms with van der Waals surface area (Å²) >= 11 is 0. The quantitative estimate of drug-likeness (QED) is 0.849. The van der Waals surface area contributed by atoms with Crippen molar-refractivity contribution in [1.82, 2.24) is 19.7 Å². The molecule has 0 aliphatic carbocycles. The number of likely N-dealkylation sites (tertiary alicyclic amines) is 1. The van der Waals surface area contributed by atoms with Crippen molar-refractivity contribution in [3.05, 3.63) is 35.7 Å². The number of hydrogen-bond donors (Lipinski definition) is 0. The Morgan fingerprint density at radius 3 is 2.48 bits per heavy atom. The first-order valence-electron chi connectivity index (χ1n) is 8.95. The van der Waals surface area contributed by atoms with Gasteiger partial charge in [0.15, 0.2) is 0 Å². The van der Waals surface area contributed by atoms with Gasteiger partial charge in [0, 0.05) is 45.0 Å². The van der Waals surface area contributed by atoms with Crippen LogP contribution in [0, 0.1) is 6.92 Å². The van der Waals surface area contributed by atoms with E-state index >= 15 is 0 Å². The molecule has 3 heterocycles. The van der Waals surface area contributed by atoms with Gasteiger partial charge in [-0.15, -0.1) is 0 Å². The van der Waals surface area contributed by atoms with E-state index in [9.17, 15) is 0 Å². The van der Waals surface area contributed by atoms with Gasteiger partial charge in [0.25, 0.3) is 0 Å². The zero-order chi connectivity index (χ0) is 16.1. The lowest BCUT2D eigenvalue weighted by atomic mass is 10.0. The first kappa shape index (κ1) is 16.6. The van der Waals surface area contributed by atoms with E-state index in [1.807, 2.05) is 6.20 Å². The molecule has 4 nitrogen and oxygen atoms in total. The molecule has 0 aromatic carbocycles. The molecule has 0 amide bonds.